The summed E-state index contributed by atoms with van der Waals surface area (Å²) in [5.74, 6) is -0.355. The van der Waals surface area contributed by atoms with Gasteiger partial charge in [-0.05, 0) is 31.7 Å². The van der Waals surface area contributed by atoms with E-state index in [1.807, 2.05) is 6.07 Å². The van der Waals surface area contributed by atoms with Crippen molar-refractivity contribution >= 4 is 11.6 Å². The van der Waals surface area contributed by atoms with Gasteiger partial charge in [0.05, 0.1) is 5.02 Å². The summed E-state index contributed by atoms with van der Waals surface area (Å²) in [6, 6.07) is 5.21. The van der Waals surface area contributed by atoms with E-state index in [9.17, 15) is 4.39 Å². The maximum absolute atomic E-state index is 13.2. The number of rotatable bonds is 5. The Kier molecular flexibility index (Phi) is 5.78. The van der Waals surface area contributed by atoms with Crippen LogP contribution in [0.1, 0.15) is 18.5 Å². The topological polar surface area (TPSA) is 18.5 Å². The number of nitrogens with one attached hydrogen (secondary N) is 1. The molecule has 1 aliphatic heterocycles. The molecule has 0 bridgehead atoms. The monoisotopic (exact) mass is 299 g/mol. The zero-order chi connectivity index (χ0) is 14.5. The quantitative estimate of drug-likeness (QED) is 0.900. The molecular formula is C15H23ClFN3. The summed E-state index contributed by atoms with van der Waals surface area (Å²) < 4.78 is 13.2. The van der Waals surface area contributed by atoms with Gasteiger partial charge in [-0.3, -0.25) is 9.80 Å². The summed E-state index contributed by atoms with van der Waals surface area (Å²) in [6.45, 7) is 8.57. The molecule has 5 heteroatoms. The third-order valence-electron chi connectivity index (χ3n) is 4.07. The van der Waals surface area contributed by atoms with Crippen LogP contribution in [0.2, 0.25) is 5.02 Å². The molecule has 112 valence electrons. The fourth-order valence-corrected chi connectivity index (χ4v) is 2.64. The van der Waals surface area contributed by atoms with Crippen molar-refractivity contribution in [3.8, 4) is 0 Å². The van der Waals surface area contributed by atoms with Gasteiger partial charge in [0.2, 0.25) is 0 Å². The van der Waals surface area contributed by atoms with Crippen molar-refractivity contribution in [3.05, 3.63) is 34.6 Å². The fourth-order valence-electron chi connectivity index (χ4n) is 2.45. The number of halogens is 2. The number of nitrogens with zero attached hydrogens (tertiary/aromatic N) is 2. The molecule has 1 aliphatic rings. The smallest absolute Gasteiger partial charge is 0.141 e. The highest BCUT2D eigenvalue weighted by Crippen LogP contribution is 2.23. The van der Waals surface area contributed by atoms with Crippen molar-refractivity contribution in [1.29, 1.82) is 0 Å². The fraction of sp³-hybridized carbons (Fsp3) is 0.600. The molecule has 1 fully saturated rings. The van der Waals surface area contributed by atoms with E-state index in [1.54, 1.807) is 6.07 Å². The van der Waals surface area contributed by atoms with Crippen molar-refractivity contribution < 1.29 is 4.39 Å². The molecule has 0 aliphatic carbocycles. The summed E-state index contributed by atoms with van der Waals surface area (Å²) in [7, 11) is 2.10. The summed E-state index contributed by atoms with van der Waals surface area (Å²) in [6.07, 6.45) is 0. The minimum absolute atomic E-state index is 0.199. The van der Waals surface area contributed by atoms with Crippen LogP contribution in [0.15, 0.2) is 18.2 Å². The van der Waals surface area contributed by atoms with Crippen LogP contribution in [0.5, 0.6) is 0 Å². The molecule has 1 heterocycles. The molecule has 1 unspecified atom stereocenters. The number of likely N-dealkylation sites (N-methyl/N-ethyl adjacent to an activating group) is 1. The Morgan fingerprint density at radius 1 is 1.40 bits per heavy atom. The Morgan fingerprint density at radius 3 is 2.75 bits per heavy atom. The second-order valence-corrected chi connectivity index (χ2v) is 5.83. The van der Waals surface area contributed by atoms with Crippen LogP contribution in [0.3, 0.4) is 0 Å². The first-order valence-electron chi connectivity index (χ1n) is 7.16. The molecule has 1 N–H and O–H groups in total. The first kappa shape index (κ1) is 15.7. The molecule has 1 saturated heterocycles. The van der Waals surface area contributed by atoms with Gasteiger partial charge in [0, 0.05) is 45.3 Å². The van der Waals surface area contributed by atoms with E-state index in [0.717, 1.165) is 44.8 Å². The summed E-state index contributed by atoms with van der Waals surface area (Å²) in [5, 5.41) is 3.56. The molecule has 1 aromatic rings. The van der Waals surface area contributed by atoms with Crippen LogP contribution < -0.4 is 5.32 Å². The standard InChI is InChI=1S/C15H23ClFN3/c1-12(13-3-4-15(17)14(16)11-13)19(2)9-10-20-7-5-18-6-8-20/h3-4,11-12,18H,5-10H2,1-2H3. The summed E-state index contributed by atoms with van der Waals surface area (Å²) in [5.41, 5.74) is 1.05. The average Bonchev–Trinajstić information content (AvgIpc) is 2.48. The average molecular weight is 300 g/mol. The van der Waals surface area contributed by atoms with Gasteiger partial charge in [-0.1, -0.05) is 17.7 Å². The van der Waals surface area contributed by atoms with Crippen LogP contribution >= 0.6 is 11.6 Å². The summed E-state index contributed by atoms with van der Waals surface area (Å²) in [4.78, 5) is 4.75. The van der Waals surface area contributed by atoms with Gasteiger partial charge in [0.25, 0.3) is 0 Å². The Hall–Kier alpha value is -0.680. The van der Waals surface area contributed by atoms with Gasteiger partial charge >= 0.3 is 0 Å². The first-order valence-corrected chi connectivity index (χ1v) is 7.54. The normalized spacial score (nSPS) is 18.4. The van der Waals surface area contributed by atoms with E-state index in [4.69, 9.17) is 11.6 Å². The number of hydrogen-bond donors (Lipinski definition) is 1. The lowest BCUT2D eigenvalue weighted by atomic mass is 10.1. The Labute approximate surface area is 125 Å². The van der Waals surface area contributed by atoms with Crippen molar-refractivity contribution in [2.24, 2.45) is 0 Å². The third-order valence-corrected chi connectivity index (χ3v) is 4.36. The van der Waals surface area contributed by atoms with Crippen molar-refractivity contribution in [2.75, 3.05) is 46.3 Å². The van der Waals surface area contributed by atoms with Gasteiger partial charge in [0.15, 0.2) is 0 Å². The van der Waals surface area contributed by atoms with Crippen LogP contribution in [0, 0.1) is 5.82 Å². The zero-order valence-electron chi connectivity index (χ0n) is 12.2. The van der Waals surface area contributed by atoms with Gasteiger partial charge in [-0.25, -0.2) is 4.39 Å². The van der Waals surface area contributed by atoms with Crippen LogP contribution in [-0.4, -0.2) is 56.1 Å². The van der Waals surface area contributed by atoms with Crippen molar-refractivity contribution in [2.45, 2.75) is 13.0 Å². The molecule has 2 rings (SSSR count). The highest BCUT2D eigenvalue weighted by Gasteiger charge is 2.15. The van der Waals surface area contributed by atoms with Crippen LogP contribution in [-0.2, 0) is 0 Å². The Bertz CT molecular complexity index is 435. The predicted molar refractivity (Wildman–Crippen MR) is 81.8 cm³/mol. The first-order chi connectivity index (χ1) is 9.58. The van der Waals surface area contributed by atoms with Crippen molar-refractivity contribution in [1.82, 2.24) is 15.1 Å². The number of hydrogen-bond acceptors (Lipinski definition) is 3. The van der Waals surface area contributed by atoms with Gasteiger partial charge in [0.1, 0.15) is 5.82 Å². The number of benzene rings is 1. The predicted octanol–water partition coefficient (Wildman–Crippen LogP) is 2.38. The molecule has 1 atom stereocenters. The van der Waals surface area contributed by atoms with Crippen LogP contribution in [0.4, 0.5) is 4.39 Å². The van der Waals surface area contributed by atoms with Gasteiger partial charge in [-0.2, -0.15) is 0 Å². The maximum atomic E-state index is 13.2. The van der Waals surface area contributed by atoms with Gasteiger partial charge in [-0.15, -0.1) is 0 Å². The lowest BCUT2D eigenvalue weighted by Crippen LogP contribution is -2.46. The maximum Gasteiger partial charge on any atom is 0.141 e. The highest BCUT2D eigenvalue weighted by molar-refractivity contribution is 6.30. The minimum Gasteiger partial charge on any atom is -0.314 e. The molecule has 0 radical (unpaired) electrons. The molecule has 0 spiro atoms. The molecule has 3 nitrogen and oxygen atoms in total. The van der Waals surface area contributed by atoms with E-state index in [2.05, 4.69) is 29.1 Å². The molecule has 0 aromatic heterocycles. The van der Waals surface area contributed by atoms with E-state index in [1.165, 1.54) is 6.07 Å². The van der Waals surface area contributed by atoms with Crippen LogP contribution in [0.25, 0.3) is 0 Å². The Morgan fingerprint density at radius 2 is 2.10 bits per heavy atom. The van der Waals surface area contributed by atoms with E-state index >= 15 is 0 Å². The highest BCUT2D eigenvalue weighted by atomic mass is 35.5. The second-order valence-electron chi connectivity index (χ2n) is 5.42. The number of piperazine rings is 1. The lowest BCUT2D eigenvalue weighted by molar-refractivity contribution is 0.183. The molecular weight excluding hydrogens is 277 g/mol. The second kappa shape index (κ2) is 7.36. The molecule has 1 aromatic carbocycles. The molecule has 20 heavy (non-hydrogen) atoms. The Balaban J connectivity index is 1.87. The molecule has 0 amide bonds. The SMILES string of the molecule is CC(c1ccc(F)c(Cl)c1)N(C)CCN1CCNCC1. The van der Waals surface area contributed by atoms with E-state index in [-0.39, 0.29) is 16.9 Å². The molecule has 0 saturated carbocycles. The minimum atomic E-state index is -0.355. The third kappa shape index (κ3) is 4.16. The largest absolute Gasteiger partial charge is 0.314 e. The van der Waals surface area contributed by atoms with E-state index in [0.29, 0.717) is 0 Å². The lowest BCUT2D eigenvalue weighted by Gasteiger charge is -2.31. The summed E-state index contributed by atoms with van der Waals surface area (Å²) >= 11 is 5.85. The van der Waals surface area contributed by atoms with E-state index < -0.39 is 0 Å². The zero-order valence-corrected chi connectivity index (χ0v) is 13.0. The van der Waals surface area contributed by atoms with Gasteiger partial charge < -0.3 is 5.32 Å². The van der Waals surface area contributed by atoms with Crippen molar-refractivity contribution in [3.63, 3.8) is 0 Å².